The molecule has 0 bridgehead atoms. The summed E-state index contributed by atoms with van der Waals surface area (Å²) in [6.07, 6.45) is 1.85. The van der Waals surface area contributed by atoms with Gasteiger partial charge in [0.15, 0.2) is 0 Å². The zero-order valence-electron chi connectivity index (χ0n) is 17.8. The molecule has 1 amide bonds. The highest BCUT2D eigenvalue weighted by atomic mass is 19.4. The lowest BCUT2D eigenvalue weighted by molar-refractivity contribution is -0.137. The molecule has 8 nitrogen and oxygen atoms in total. The molecule has 3 aromatic heterocycles. The molecule has 0 radical (unpaired) electrons. The van der Waals surface area contributed by atoms with Crippen molar-refractivity contribution < 1.29 is 22.7 Å². The lowest BCUT2D eigenvalue weighted by Crippen LogP contribution is -2.41. The maximum Gasteiger partial charge on any atom is 0.416 e. The summed E-state index contributed by atoms with van der Waals surface area (Å²) < 4.78 is 47.0. The highest BCUT2D eigenvalue weighted by Crippen LogP contribution is 2.40. The average molecular weight is 468 g/mol. The molecular formula is C23H19F3N6O2. The minimum atomic E-state index is -4.45. The number of hydrogen-bond donors (Lipinski definition) is 1. The SMILES string of the molecule is Nc1nc2cnc(C(=O)N(C3CC3)[C@@H]3COCc4cc(C(F)(F)F)ccc43)cc2n2cncc12. The van der Waals surface area contributed by atoms with Crippen molar-refractivity contribution in [2.45, 2.75) is 37.7 Å². The molecular weight excluding hydrogens is 449 g/mol. The first-order chi connectivity index (χ1) is 16.3. The molecule has 2 N–H and O–H groups in total. The Kier molecular flexibility index (Phi) is 4.53. The molecule has 6 rings (SSSR count). The Hall–Kier alpha value is -3.73. The Morgan fingerprint density at radius 2 is 2.00 bits per heavy atom. The van der Waals surface area contributed by atoms with Gasteiger partial charge in [0.05, 0.1) is 49.1 Å². The third-order valence-corrected chi connectivity index (χ3v) is 6.36. The number of imidazole rings is 1. The molecule has 0 unspecified atom stereocenters. The molecule has 4 heterocycles. The summed E-state index contributed by atoms with van der Waals surface area (Å²) in [6, 6.07) is 4.75. The Morgan fingerprint density at radius 1 is 1.18 bits per heavy atom. The van der Waals surface area contributed by atoms with Crippen LogP contribution in [0.2, 0.25) is 0 Å². The number of alkyl halides is 3. The molecule has 34 heavy (non-hydrogen) atoms. The smallest absolute Gasteiger partial charge is 0.382 e. The molecule has 11 heteroatoms. The van der Waals surface area contributed by atoms with Crippen molar-refractivity contribution in [2.24, 2.45) is 0 Å². The largest absolute Gasteiger partial charge is 0.416 e. The van der Waals surface area contributed by atoms with Crippen LogP contribution in [0.3, 0.4) is 0 Å². The zero-order valence-corrected chi connectivity index (χ0v) is 17.8. The number of anilines is 1. The molecule has 1 aliphatic heterocycles. The van der Waals surface area contributed by atoms with Gasteiger partial charge in [0, 0.05) is 6.04 Å². The Balaban J connectivity index is 1.41. The van der Waals surface area contributed by atoms with Gasteiger partial charge in [-0.05, 0) is 42.2 Å². The van der Waals surface area contributed by atoms with Crippen LogP contribution >= 0.6 is 0 Å². The summed E-state index contributed by atoms with van der Waals surface area (Å²) in [5.74, 6) is -0.00416. The predicted molar refractivity (Wildman–Crippen MR) is 116 cm³/mol. The first kappa shape index (κ1) is 20.8. The molecule has 174 valence electrons. The van der Waals surface area contributed by atoms with Crippen LogP contribution in [0.15, 0.2) is 43.0 Å². The van der Waals surface area contributed by atoms with Crippen LogP contribution in [0.4, 0.5) is 19.0 Å². The van der Waals surface area contributed by atoms with Gasteiger partial charge < -0.3 is 15.4 Å². The van der Waals surface area contributed by atoms with Crippen LogP contribution in [-0.4, -0.2) is 42.8 Å². The summed E-state index contributed by atoms with van der Waals surface area (Å²) in [6.45, 7) is 0.278. The molecule has 1 aromatic carbocycles. The summed E-state index contributed by atoms with van der Waals surface area (Å²) in [4.78, 5) is 28.2. The third kappa shape index (κ3) is 3.35. The molecule has 1 fully saturated rings. The molecule has 4 aromatic rings. The van der Waals surface area contributed by atoms with Gasteiger partial charge in [0.2, 0.25) is 0 Å². The first-order valence-corrected chi connectivity index (χ1v) is 10.8. The fourth-order valence-corrected chi connectivity index (χ4v) is 4.58. The Bertz CT molecular complexity index is 1450. The second-order valence-corrected chi connectivity index (χ2v) is 8.59. The molecule has 0 saturated heterocycles. The van der Waals surface area contributed by atoms with Crippen molar-refractivity contribution >= 4 is 28.3 Å². The Morgan fingerprint density at radius 3 is 2.76 bits per heavy atom. The molecule has 1 aliphatic carbocycles. The minimum absolute atomic E-state index is 0.0235. The average Bonchev–Trinajstić information content (AvgIpc) is 3.51. The van der Waals surface area contributed by atoms with E-state index in [9.17, 15) is 18.0 Å². The highest BCUT2D eigenvalue weighted by Gasteiger charge is 2.41. The number of ether oxygens (including phenoxy) is 1. The van der Waals surface area contributed by atoms with Crippen molar-refractivity contribution in [1.29, 1.82) is 0 Å². The van der Waals surface area contributed by atoms with Crippen molar-refractivity contribution in [3.05, 3.63) is 65.4 Å². The van der Waals surface area contributed by atoms with Crippen LogP contribution in [0.5, 0.6) is 0 Å². The van der Waals surface area contributed by atoms with Crippen LogP contribution in [-0.2, 0) is 17.5 Å². The second kappa shape index (κ2) is 7.39. The van der Waals surface area contributed by atoms with Gasteiger partial charge in [-0.15, -0.1) is 0 Å². The first-order valence-electron chi connectivity index (χ1n) is 10.8. The number of halogens is 3. The maximum absolute atomic E-state index is 13.7. The van der Waals surface area contributed by atoms with Crippen LogP contribution < -0.4 is 5.73 Å². The van der Waals surface area contributed by atoms with Crippen molar-refractivity contribution in [3.63, 3.8) is 0 Å². The number of pyridine rings is 1. The zero-order chi connectivity index (χ0) is 23.6. The van der Waals surface area contributed by atoms with E-state index in [4.69, 9.17) is 10.5 Å². The van der Waals surface area contributed by atoms with Crippen LogP contribution in [0.1, 0.15) is 46.1 Å². The van der Waals surface area contributed by atoms with E-state index in [0.29, 0.717) is 33.5 Å². The van der Waals surface area contributed by atoms with Gasteiger partial charge in [-0.1, -0.05) is 6.07 Å². The maximum atomic E-state index is 13.7. The summed E-state index contributed by atoms with van der Waals surface area (Å²) in [7, 11) is 0. The number of benzene rings is 1. The number of hydrogen-bond acceptors (Lipinski definition) is 6. The van der Waals surface area contributed by atoms with Gasteiger partial charge in [-0.25, -0.2) is 15.0 Å². The van der Waals surface area contributed by atoms with E-state index in [1.165, 1.54) is 12.3 Å². The van der Waals surface area contributed by atoms with Crippen molar-refractivity contribution in [2.75, 3.05) is 12.3 Å². The summed E-state index contributed by atoms with van der Waals surface area (Å²) >= 11 is 0. The topological polar surface area (TPSA) is 98.6 Å². The third-order valence-electron chi connectivity index (χ3n) is 6.36. The van der Waals surface area contributed by atoms with Gasteiger partial charge in [-0.3, -0.25) is 9.20 Å². The van der Waals surface area contributed by atoms with E-state index >= 15 is 0 Å². The van der Waals surface area contributed by atoms with E-state index in [1.54, 1.807) is 27.9 Å². The van der Waals surface area contributed by atoms with E-state index < -0.39 is 17.8 Å². The number of carbonyl (C=O) groups is 1. The van der Waals surface area contributed by atoms with E-state index in [0.717, 1.165) is 25.0 Å². The summed E-state index contributed by atoms with van der Waals surface area (Å²) in [5, 5.41) is 0. The lowest BCUT2D eigenvalue weighted by Gasteiger charge is -2.36. The predicted octanol–water partition coefficient (Wildman–Crippen LogP) is 3.75. The monoisotopic (exact) mass is 468 g/mol. The number of rotatable bonds is 3. The number of nitrogens with two attached hydrogens (primary N) is 1. The van der Waals surface area contributed by atoms with Gasteiger partial charge in [0.25, 0.3) is 5.91 Å². The standard InChI is InChI=1S/C23H19F3N6O2/c24-23(25,26)13-1-4-15-12(5-13)9-34-10-20(15)32(14-2-3-14)22(33)16-6-18-17(7-29-16)30-21(27)19-8-28-11-31(18)19/h1,4-8,11,14,20H,2-3,9-10H2,(H2,27,30)/t20-/m1/s1. The molecule has 2 aliphatic rings. The lowest BCUT2D eigenvalue weighted by atomic mass is 9.95. The molecule has 0 spiro atoms. The van der Waals surface area contributed by atoms with Crippen LogP contribution in [0.25, 0.3) is 16.6 Å². The van der Waals surface area contributed by atoms with Gasteiger partial charge in [-0.2, -0.15) is 13.2 Å². The van der Waals surface area contributed by atoms with E-state index in [2.05, 4.69) is 15.0 Å². The van der Waals surface area contributed by atoms with Crippen molar-refractivity contribution in [3.8, 4) is 0 Å². The minimum Gasteiger partial charge on any atom is -0.382 e. The molecule has 1 atom stereocenters. The highest BCUT2D eigenvalue weighted by molar-refractivity contribution is 5.96. The number of aromatic nitrogens is 4. The quantitative estimate of drug-likeness (QED) is 0.492. The second-order valence-electron chi connectivity index (χ2n) is 8.59. The fraction of sp³-hybridized carbons (Fsp3) is 0.304. The van der Waals surface area contributed by atoms with E-state index in [1.807, 2.05) is 0 Å². The summed E-state index contributed by atoms with van der Waals surface area (Å²) in [5.41, 5.74) is 8.34. The Labute approximate surface area is 191 Å². The number of amides is 1. The normalized spacial score (nSPS) is 18.3. The number of fused-ring (bicyclic) bond motifs is 4. The molecule has 1 saturated carbocycles. The van der Waals surface area contributed by atoms with E-state index in [-0.39, 0.29) is 30.9 Å². The van der Waals surface area contributed by atoms with Gasteiger partial charge in [0.1, 0.15) is 22.5 Å². The van der Waals surface area contributed by atoms with Crippen LogP contribution in [0, 0.1) is 0 Å². The fourth-order valence-electron chi connectivity index (χ4n) is 4.58. The van der Waals surface area contributed by atoms with Crippen molar-refractivity contribution in [1.82, 2.24) is 24.3 Å². The number of carbonyl (C=O) groups excluding carboxylic acids is 1. The number of nitrogens with zero attached hydrogens (tertiary/aromatic N) is 5. The number of nitrogen functional groups attached to an aromatic ring is 1. The van der Waals surface area contributed by atoms with Gasteiger partial charge >= 0.3 is 6.18 Å².